The third kappa shape index (κ3) is 4.46. The Morgan fingerprint density at radius 3 is 2.69 bits per heavy atom. The topological polar surface area (TPSA) is 94.3 Å². The fraction of sp³-hybridized carbons (Fsp3) is 0.105. The standard InChI is InChI=1S/C19H17N3O3S/c1-12-5-7-13(8-6-12)16-11-26-19(21-16)22-17(23)10-25-18(24)14-3-2-4-15(20)9-14/h2-9,11H,10,20H2,1H3,(H,21,22,23). The van der Waals surface area contributed by atoms with Crippen LogP contribution in [0.4, 0.5) is 10.8 Å². The monoisotopic (exact) mass is 367 g/mol. The second-order valence-corrected chi connectivity index (χ2v) is 6.51. The minimum Gasteiger partial charge on any atom is -0.452 e. The molecule has 2 aromatic carbocycles. The highest BCUT2D eigenvalue weighted by Gasteiger charge is 2.12. The number of carbonyl (C=O) groups excluding carboxylic acids is 2. The number of hydrogen-bond donors (Lipinski definition) is 2. The molecule has 0 fully saturated rings. The molecular formula is C19H17N3O3S. The molecule has 0 aliphatic heterocycles. The van der Waals surface area contributed by atoms with Gasteiger partial charge in [0.1, 0.15) is 0 Å². The number of hydrogen-bond acceptors (Lipinski definition) is 6. The average Bonchev–Trinajstić information content (AvgIpc) is 3.08. The van der Waals surface area contributed by atoms with E-state index < -0.39 is 18.5 Å². The van der Waals surface area contributed by atoms with E-state index in [0.29, 0.717) is 16.4 Å². The molecule has 6 nitrogen and oxygen atoms in total. The van der Waals surface area contributed by atoms with Crippen LogP contribution in [0.3, 0.4) is 0 Å². The molecule has 1 amide bonds. The van der Waals surface area contributed by atoms with Gasteiger partial charge in [-0.1, -0.05) is 35.9 Å². The summed E-state index contributed by atoms with van der Waals surface area (Å²) in [6.45, 7) is 1.62. The van der Waals surface area contributed by atoms with Gasteiger partial charge in [0.05, 0.1) is 11.3 Å². The quantitative estimate of drug-likeness (QED) is 0.532. The fourth-order valence-corrected chi connectivity index (χ4v) is 2.96. The van der Waals surface area contributed by atoms with Crippen LogP contribution in [0.15, 0.2) is 53.9 Å². The van der Waals surface area contributed by atoms with E-state index in [-0.39, 0.29) is 0 Å². The summed E-state index contributed by atoms with van der Waals surface area (Å²) in [4.78, 5) is 28.2. The highest BCUT2D eigenvalue weighted by Crippen LogP contribution is 2.25. The molecule has 0 spiro atoms. The van der Waals surface area contributed by atoms with E-state index in [4.69, 9.17) is 10.5 Å². The fourth-order valence-electron chi connectivity index (χ4n) is 2.22. The summed E-state index contributed by atoms with van der Waals surface area (Å²) >= 11 is 1.31. The molecule has 0 radical (unpaired) electrons. The second kappa shape index (κ2) is 7.79. The lowest BCUT2D eigenvalue weighted by molar-refractivity contribution is -0.119. The molecule has 26 heavy (non-hydrogen) atoms. The molecule has 0 saturated heterocycles. The van der Waals surface area contributed by atoms with Gasteiger partial charge in [0.2, 0.25) is 0 Å². The second-order valence-electron chi connectivity index (χ2n) is 5.65. The molecule has 0 aliphatic carbocycles. The Morgan fingerprint density at radius 2 is 1.96 bits per heavy atom. The number of nitrogens with one attached hydrogen (secondary N) is 1. The van der Waals surface area contributed by atoms with Crippen molar-refractivity contribution in [2.75, 3.05) is 17.7 Å². The Bertz CT molecular complexity index is 935. The predicted molar refractivity (Wildman–Crippen MR) is 102 cm³/mol. The Labute approximate surface area is 154 Å². The number of nitrogens with two attached hydrogens (primary N) is 1. The maximum Gasteiger partial charge on any atom is 0.338 e. The molecule has 3 aromatic rings. The smallest absolute Gasteiger partial charge is 0.338 e. The first kappa shape index (κ1) is 17.6. The zero-order valence-electron chi connectivity index (χ0n) is 14.1. The number of amides is 1. The van der Waals surface area contributed by atoms with E-state index in [9.17, 15) is 9.59 Å². The van der Waals surface area contributed by atoms with Crippen LogP contribution in [0.2, 0.25) is 0 Å². The summed E-state index contributed by atoms with van der Waals surface area (Å²) in [7, 11) is 0. The van der Waals surface area contributed by atoms with Crippen molar-refractivity contribution in [1.82, 2.24) is 4.98 Å². The van der Waals surface area contributed by atoms with Crippen molar-refractivity contribution in [1.29, 1.82) is 0 Å². The summed E-state index contributed by atoms with van der Waals surface area (Å²) in [5, 5.41) is 4.94. The van der Waals surface area contributed by atoms with Crippen LogP contribution in [0.25, 0.3) is 11.3 Å². The number of aryl methyl sites for hydroxylation is 1. The van der Waals surface area contributed by atoms with Crippen molar-refractivity contribution in [3.8, 4) is 11.3 Å². The Hall–Kier alpha value is -3.19. The van der Waals surface area contributed by atoms with Crippen molar-refractivity contribution in [3.05, 3.63) is 65.0 Å². The minimum absolute atomic E-state index is 0.300. The maximum absolute atomic E-state index is 12.0. The predicted octanol–water partition coefficient (Wildman–Crippen LogP) is 3.50. The van der Waals surface area contributed by atoms with Crippen molar-refractivity contribution in [3.63, 3.8) is 0 Å². The van der Waals surface area contributed by atoms with Gasteiger partial charge in [-0.25, -0.2) is 9.78 Å². The Kier molecular flexibility index (Phi) is 5.28. The Balaban J connectivity index is 1.55. The largest absolute Gasteiger partial charge is 0.452 e. The van der Waals surface area contributed by atoms with Crippen molar-refractivity contribution in [2.24, 2.45) is 0 Å². The summed E-state index contributed by atoms with van der Waals surface area (Å²) in [5.41, 5.74) is 9.29. The van der Waals surface area contributed by atoms with Crippen LogP contribution >= 0.6 is 11.3 Å². The zero-order valence-corrected chi connectivity index (χ0v) is 14.9. The van der Waals surface area contributed by atoms with E-state index in [1.807, 2.05) is 36.6 Å². The number of carbonyl (C=O) groups is 2. The van der Waals surface area contributed by atoms with Crippen LogP contribution in [0.1, 0.15) is 15.9 Å². The molecule has 0 unspecified atom stereocenters. The number of rotatable bonds is 5. The van der Waals surface area contributed by atoms with Gasteiger partial charge in [-0.2, -0.15) is 0 Å². The molecule has 0 bridgehead atoms. The van der Waals surface area contributed by atoms with Crippen LogP contribution in [-0.4, -0.2) is 23.5 Å². The number of nitrogen functional groups attached to an aromatic ring is 1. The van der Waals surface area contributed by atoms with Gasteiger partial charge in [-0.15, -0.1) is 11.3 Å². The van der Waals surface area contributed by atoms with Gasteiger partial charge in [-0.05, 0) is 25.1 Å². The number of esters is 1. The first-order chi connectivity index (χ1) is 12.5. The van der Waals surface area contributed by atoms with Gasteiger partial charge in [0.15, 0.2) is 11.7 Å². The third-order valence-corrected chi connectivity index (χ3v) is 4.31. The van der Waals surface area contributed by atoms with Crippen LogP contribution < -0.4 is 11.1 Å². The van der Waals surface area contributed by atoms with Crippen molar-refractivity contribution in [2.45, 2.75) is 6.92 Å². The number of benzene rings is 2. The molecule has 0 aliphatic rings. The first-order valence-corrected chi connectivity index (χ1v) is 8.74. The maximum atomic E-state index is 12.0. The number of anilines is 2. The van der Waals surface area contributed by atoms with Crippen molar-refractivity contribution >= 4 is 34.0 Å². The lowest BCUT2D eigenvalue weighted by atomic mass is 10.1. The van der Waals surface area contributed by atoms with Gasteiger partial charge < -0.3 is 10.5 Å². The van der Waals surface area contributed by atoms with Gasteiger partial charge in [0, 0.05) is 16.6 Å². The van der Waals surface area contributed by atoms with E-state index in [1.165, 1.54) is 23.0 Å². The SMILES string of the molecule is Cc1ccc(-c2csc(NC(=O)COC(=O)c3cccc(N)c3)n2)cc1. The molecule has 0 saturated carbocycles. The lowest BCUT2D eigenvalue weighted by Crippen LogP contribution is -2.20. The van der Waals surface area contributed by atoms with Gasteiger partial charge >= 0.3 is 5.97 Å². The highest BCUT2D eigenvalue weighted by molar-refractivity contribution is 7.14. The summed E-state index contributed by atoms with van der Waals surface area (Å²) < 4.78 is 4.99. The average molecular weight is 367 g/mol. The van der Waals surface area contributed by atoms with E-state index in [2.05, 4.69) is 10.3 Å². The highest BCUT2D eigenvalue weighted by atomic mass is 32.1. The van der Waals surface area contributed by atoms with Crippen molar-refractivity contribution < 1.29 is 14.3 Å². The van der Waals surface area contributed by atoms with Crippen LogP contribution in [0.5, 0.6) is 0 Å². The zero-order chi connectivity index (χ0) is 18.5. The molecule has 0 atom stereocenters. The van der Waals surface area contributed by atoms with E-state index in [0.717, 1.165) is 11.3 Å². The molecule has 132 valence electrons. The van der Waals surface area contributed by atoms with Gasteiger partial charge in [-0.3, -0.25) is 10.1 Å². The summed E-state index contributed by atoms with van der Waals surface area (Å²) in [5.74, 6) is -1.06. The Morgan fingerprint density at radius 1 is 1.19 bits per heavy atom. The van der Waals surface area contributed by atoms with E-state index >= 15 is 0 Å². The number of thiazole rings is 1. The minimum atomic E-state index is -0.605. The third-order valence-electron chi connectivity index (χ3n) is 3.55. The molecular weight excluding hydrogens is 350 g/mol. The number of ether oxygens (including phenoxy) is 1. The first-order valence-electron chi connectivity index (χ1n) is 7.86. The summed E-state index contributed by atoms with van der Waals surface area (Å²) in [6, 6.07) is 14.3. The van der Waals surface area contributed by atoms with Crippen LogP contribution in [0, 0.1) is 6.92 Å². The normalized spacial score (nSPS) is 10.3. The van der Waals surface area contributed by atoms with Gasteiger partial charge in [0.25, 0.3) is 5.91 Å². The molecule has 3 rings (SSSR count). The molecule has 1 aromatic heterocycles. The molecule has 1 heterocycles. The van der Waals surface area contributed by atoms with Crippen LogP contribution in [-0.2, 0) is 9.53 Å². The molecule has 7 heteroatoms. The summed E-state index contributed by atoms with van der Waals surface area (Å²) in [6.07, 6.45) is 0. The number of nitrogens with zero attached hydrogens (tertiary/aromatic N) is 1. The lowest BCUT2D eigenvalue weighted by Gasteiger charge is -2.05. The van der Waals surface area contributed by atoms with E-state index in [1.54, 1.807) is 18.2 Å². The number of aromatic nitrogens is 1. The molecule has 3 N–H and O–H groups in total.